The van der Waals surface area contributed by atoms with E-state index in [2.05, 4.69) is 29.5 Å². The maximum atomic E-state index is 5.81. The van der Waals surface area contributed by atoms with Gasteiger partial charge in [0.15, 0.2) is 0 Å². The summed E-state index contributed by atoms with van der Waals surface area (Å²) in [5.41, 5.74) is 1.92. The van der Waals surface area contributed by atoms with E-state index in [0.29, 0.717) is 12.6 Å². The SMILES string of the molecule is CC(C)NCc1ccc(Cn2nnc3ccccc32)o1. The normalized spacial score (nSPS) is 11.6. The predicted octanol–water partition coefficient (Wildman–Crippen LogP) is 2.57. The summed E-state index contributed by atoms with van der Waals surface area (Å²) in [5.74, 6) is 1.83. The number of aromatic nitrogens is 3. The summed E-state index contributed by atoms with van der Waals surface area (Å²) in [7, 11) is 0. The first-order valence-electron chi connectivity index (χ1n) is 6.81. The molecule has 0 atom stereocenters. The lowest BCUT2D eigenvalue weighted by Gasteiger charge is -2.05. The van der Waals surface area contributed by atoms with Crippen molar-refractivity contribution in [2.24, 2.45) is 0 Å². The molecule has 3 rings (SSSR count). The van der Waals surface area contributed by atoms with Crippen LogP contribution in [-0.2, 0) is 13.1 Å². The molecule has 0 radical (unpaired) electrons. The average molecular weight is 270 g/mol. The van der Waals surface area contributed by atoms with Gasteiger partial charge in [0.1, 0.15) is 23.6 Å². The Kier molecular flexibility index (Phi) is 3.52. The van der Waals surface area contributed by atoms with Crippen LogP contribution < -0.4 is 5.32 Å². The first-order chi connectivity index (χ1) is 9.72. The third kappa shape index (κ3) is 2.72. The highest BCUT2D eigenvalue weighted by molar-refractivity contribution is 5.73. The zero-order valence-electron chi connectivity index (χ0n) is 11.7. The molecule has 0 bridgehead atoms. The Morgan fingerprint density at radius 3 is 2.80 bits per heavy atom. The molecule has 0 fully saturated rings. The molecule has 0 aliphatic rings. The van der Waals surface area contributed by atoms with E-state index in [0.717, 1.165) is 29.1 Å². The first kappa shape index (κ1) is 12.9. The Bertz CT molecular complexity index is 699. The van der Waals surface area contributed by atoms with Crippen LogP contribution in [0.4, 0.5) is 0 Å². The number of nitrogens with one attached hydrogen (secondary N) is 1. The number of benzene rings is 1. The molecular weight excluding hydrogens is 252 g/mol. The van der Waals surface area contributed by atoms with Gasteiger partial charge in [-0.15, -0.1) is 5.10 Å². The smallest absolute Gasteiger partial charge is 0.125 e. The fraction of sp³-hybridized carbons (Fsp3) is 0.333. The molecule has 0 amide bonds. The van der Waals surface area contributed by atoms with Crippen LogP contribution >= 0.6 is 0 Å². The summed E-state index contributed by atoms with van der Waals surface area (Å²) in [6, 6.07) is 12.4. The maximum Gasteiger partial charge on any atom is 0.125 e. The third-order valence-corrected chi connectivity index (χ3v) is 3.13. The number of hydrogen-bond donors (Lipinski definition) is 1. The lowest BCUT2D eigenvalue weighted by molar-refractivity contribution is 0.421. The molecule has 1 aromatic carbocycles. The van der Waals surface area contributed by atoms with Crippen LogP contribution in [0.5, 0.6) is 0 Å². The number of nitrogens with zero attached hydrogens (tertiary/aromatic N) is 3. The van der Waals surface area contributed by atoms with E-state index < -0.39 is 0 Å². The monoisotopic (exact) mass is 270 g/mol. The van der Waals surface area contributed by atoms with E-state index in [1.807, 2.05) is 41.1 Å². The molecular formula is C15H18N4O. The second-order valence-corrected chi connectivity index (χ2v) is 5.14. The van der Waals surface area contributed by atoms with E-state index in [1.54, 1.807) is 0 Å². The molecule has 2 aromatic heterocycles. The number of furan rings is 1. The minimum absolute atomic E-state index is 0.447. The fourth-order valence-corrected chi connectivity index (χ4v) is 2.09. The highest BCUT2D eigenvalue weighted by atomic mass is 16.3. The largest absolute Gasteiger partial charge is 0.463 e. The van der Waals surface area contributed by atoms with E-state index in [-0.39, 0.29) is 0 Å². The van der Waals surface area contributed by atoms with E-state index in [4.69, 9.17) is 4.42 Å². The number of hydrogen-bond acceptors (Lipinski definition) is 4. The van der Waals surface area contributed by atoms with Crippen LogP contribution in [0.15, 0.2) is 40.8 Å². The number of rotatable bonds is 5. The lowest BCUT2D eigenvalue weighted by Crippen LogP contribution is -2.21. The van der Waals surface area contributed by atoms with Crippen molar-refractivity contribution < 1.29 is 4.42 Å². The summed E-state index contributed by atoms with van der Waals surface area (Å²) >= 11 is 0. The van der Waals surface area contributed by atoms with Crippen molar-refractivity contribution in [2.45, 2.75) is 33.0 Å². The Balaban J connectivity index is 1.74. The molecule has 3 aromatic rings. The van der Waals surface area contributed by atoms with Gasteiger partial charge < -0.3 is 9.73 Å². The zero-order valence-corrected chi connectivity index (χ0v) is 11.7. The van der Waals surface area contributed by atoms with Gasteiger partial charge in [-0.1, -0.05) is 31.2 Å². The fourth-order valence-electron chi connectivity index (χ4n) is 2.09. The molecule has 5 nitrogen and oxygen atoms in total. The number of fused-ring (bicyclic) bond motifs is 1. The third-order valence-electron chi connectivity index (χ3n) is 3.13. The van der Waals surface area contributed by atoms with E-state index in [1.165, 1.54) is 0 Å². The van der Waals surface area contributed by atoms with Crippen LogP contribution in [0.1, 0.15) is 25.4 Å². The first-order valence-corrected chi connectivity index (χ1v) is 6.81. The molecule has 0 spiro atoms. The van der Waals surface area contributed by atoms with Crippen LogP contribution in [0.3, 0.4) is 0 Å². The van der Waals surface area contributed by atoms with Crippen molar-refractivity contribution in [3.8, 4) is 0 Å². The second kappa shape index (κ2) is 5.46. The van der Waals surface area contributed by atoms with Gasteiger partial charge in [0.2, 0.25) is 0 Å². The van der Waals surface area contributed by atoms with Crippen molar-refractivity contribution >= 4 is 11.0 Å². The molecule has 0 aliphatic heterocycles. The molecule has 1 N–H and O–H groups in total. The highest BCUT2D eigenvalue weighted by Gasteiger charge is 2.07. The molecule has 20 heavy (non-hydrogen) atoms. The number of para-hydroxylation sites is 1. The van der Waals surface area contributed by atoms with Gasteiger partial charge in [-0.2, -0.15) is 0 Å². The Morgan fingerprint density at radius 2 is 1.95 bits per heavy atom. The van der Waals surface area contributed by atoms with Gasteiger partial charge in [-0.05, 0) is 24.3 Å². The van der Waals surface area contributed by atoms with Crippen molar-refractivity contribution in [3.63, 3.8) is 0 Å². The van der Waals surface area contributed by atoms with E-state index in [9.17, 15) is 0 Å². The Hall–Kier alpha value is -2.14. The van der Waals surface area contributed by atoms with Crippen LogP contribution in [-0.4, -0.2) is 21.0 Å². The molecule has 0 aliphatic carbocycles. The molecule has 0 unspecified atom stereocenters. The topological polar surface area (TPSA) is 55.9 Å². The van der Waals surface area contributed by atoms with Crippen LogP contribution in [0.25, 0.3) is 11.0 Å². The summed E-state index contributed by atoms with van der Waals surface area (Å²) in [4.78, 5) is 0. The standard InChI is InChI=1S/C15H18N4O/c1-11(2)16-9-12-7-8-13(20-12)10-19-15-6-4-3-5-14(15)17-18-19/h3-8,11,16H,9-10H2,1-2H3. The maximum absolute atomic E-state index is 5.81. The predicted molar refractivity (Wildman–Crippen MR) is 77.3 cm³/mol. The van der Waals surface area contributed by atoms with Gasteiger partial charge >= 0.3 is 0 Å². The minimum Gasteiger partial charge on any atom is -0.463 e. The minimum atomic E-state index is 0.447. The van der Waals surface area contributed by atoms with Gasteiger partial charge in [0.25, 0.3) is 0 Å². The van der Waals surface area contributed by atoms with Gasteiger partial charge in [0.05, 0.1) is 12.1 Å². The van der Waals surface area contributed by atoms with Crippen LogP contribution in [0, 0.1) is 0 Å². The van der Waals surface area contributed by atoms with Gasteiger partial charge in [-0.3, -0.25) is 0 Å². The van der Waals surface area contributed by atoms with Crippen molar-refractivity contribution in [3.05, 3.63) is 47.9 Å². The quantitative estimate of drug-likeness (QED) is 0.774. The van der Waals surface area contributed by atoms with Gasteiger partial charge in [-0.25, -0.2) is 4.68 Å². The molecule has 104 valence electrons. The molecule has 0 saturated heterocycles. The molecule has 0 saturated carbocycles. The summed E-state index contributed by atoms with van der Waals surface area (Å²) < 4.78 is 7.66. The zero-order chi connectivity index (χ0) is 13.9. The van der Waals surface area contributed by atoms with E-state index >= 15 is 0 Å². The second-order valence-electron chi connectivity index (χ2n) is 5.14. The van der Waals surface area contributed by atoms with Crippen molar-refractivity contribution in [2.75, 3.05) is 0 Å². The van der Waals surface area contributed by atoms with Crippen LogP contribution in [0.2, 0.25) is 0 Å². The molecule has 2 heterocycles. The van der Waals surface area contributed by atoms with Crippen molar-refractivity contribution in [1.29, 1.82) is 0 Å². The van der Waals surface area contributed by atoms with Gasteiger partial charge in [0, 0.05) is 6.04 Å². The van der Waals surface area contributed by atoms with Crippen molar-refractivity contribution in [1.82, 2.24) is 20.3 Å². The lowest BCUT2D eigenvalue weighted by atomic mass is 10.3. The summed E-state index contributed by atoms with van der Waals surface area (Å²) in [5, 5.41) is 11.6. The Labute approximate surface area is 117 Å². The Morgan fingerprint density at radius 1 is 1.15 bits per heavy atom. The molecule has 5 heteroatoms. The highest BCUT2D eigenvalue weighted by Crippen LogP contribution is 2.14. The summed E-state index contributed by atoms with van der Waals surface area (Å²) in [6.45, 7) is 5.58. The average Bonchev–Trinajstić information content (AvgIpc) is 3.05. The summed E-state index contributed by atoms with van der Waals surface area (Å²) in [6.07, 6.45) is 0.